The summed E-state index contributed by atoms with van der Waals surface area (Å²) in [4.78, 5) is 36.3. The lowest BCUT2D eigenvalue weighted by atomic mass is 9.96. The van der Waals surface area contributed by atoms with E-state index in [-0.39, 0.29) is 25.3 Å². The van der Waals surface area contributed by atoms with E-state index in [9.17, 15) is 27.6 Å². The number of esters is 1. The molecule has 0 radical (unpaired) electrons. The van der Waals surface area contributed by atoms with Crippen LogP contribution in [0.5, 0.6) is 0 Å². The van der Waals surface area contributed by atoms with Gasteiger partial charge in [0, 0.05) is 19.5 Å². The Hall–Kier alpha value is -2.38. The molecule has 1 amide bonds. The first-order valence-corrected chi connectivity index (χ1v) is 6.40. The predicted octanol–water partition coefficient (Wildman–Crippen LogP) is 1.31. The van der Waals surface area contributed by atoms with Gasteiger partial charge in [-0.2, -0.15) is 0 Å². The molecular formula is C14H12F3NO4. The molecule has 0 N–H and O–H groups in total. The van der Waals surface area contributed by atoms with E-state index in [0.29, 0.717) is 6.07 Å². The molecule has 2 rings (SSSR count). The molecular weight excluding hydrogens is 303 g/mol. The Morgan fingerprint density at radius 1 is 1.23 bits per heavy atom. The molecule has 0 saturated carbocycles. The predicted molar refractivity (Wildman–Crippen MR) is 67.3 cm³/mol. The van der Waals surface area contributed by atoms with Gasteiger partial charge >= 0.3 is 5.97 Å². The molecule has 22 heavy (non-hydrogen) atoms. The molecule has 8 heteroatoms. The van der Waals surface area contributed by atoms with Gasteiger partial charge in [0.2, 0.25) is 0 Å². The average molecular weight is 315 g/mol. The number of piperidine rings is 1. The third-order valence-corrected chi connectivity index (χ3v) is 3.46. The van der Waals surface area contributed by atoms with Crippen LogP contribution < -0.4 is 0 Å². The molecule has 1 unspecified atom stereocenters. The van der Waals surface area contributed by atoms with Gasteiger partial charge in [-0.1, -0.05) is 0 Å². The minimum absolute atomic E-state index is 0.0381. The summed E-state index contributed by atoms with van der Waals surface area (Å²) >= 11 is 0. The maximum Gasteiger partial charge on any atom is 0.318 e. The van der Waals surface area contributed by atoms with Crippen molar-refractivity contribution in [3.05, 3.63) is 35.1 Å². The fraction of sp³-hybridized carbons (Fsp3) is 0.357. The first kappa shape index (κ1) is 16.0. The number of ether oxygens (including phenoxy) is 1. The second-order valence-corrected chi connectivity index (χ2v) is 4.77. The number of carbonyl (C=O) groups excluding carboxylic acids is 3. The van der Waals surface area contributed by atoms with E-state index in [1.165, 1.54) is 0 Å². The zero-order valence-electron chi connectivity index (χ0n) is 11.6. The van der Waals surface area contributed by atoms with Gasteiger partial charge in [-0.15, -0.1) is 0 Å². The number of ketones is 1. The number of benzene rings is 1. The van der Waals surface area contributed by atoms with Crippen molar-refractivity contribution in [2.45, 2.75) is 6.42 Å². The zero-order valence-corrected chi connectivity index (χ0v) is 11.6. The van der Waals surface area contributed by atoms with Gasteiger partial charge in [-0.25, -0.2) is 13.2 Å². The van der Waals surface area contributed by atoms with Crippen molar-refractivity contribution in [3.8, 4) is 0 Å². The molecule has 1 aliphatic rings. The van der Waals surface area contributed by atoms with Crippen LogP contribution in [0.25, 0.3) is 0 Å². The number of Topliss-reactive ketones (excluding diaryl/α,β-unsaturated/α-hetero) is 1. The summed E-state index contributed by atoms with van der Waals surface area (Å²) in [5, 5.41) is 0. The SMILES string of the molecule is COC(=O)C1CN(C(=O)c2ccc(F)c(F)c2F)CCC1=O. The highest BCUT2D eigenvalue weighted by molar-refractivity contribution is 6.02. The minimum Gasteiger partial charge on any atom is -0.468 e. The number of likely N-dealkylation sites (tertiary alicyclic amines) is 1. The van der Waals surface area contributed by atoms with E-state index in [0.717, 1.165) is 18.1 Å². The standard InChI is InChI=1S/C14H12F3NO4/c1-22-14(21)8-6-18(5-4-10(8)19)13(20)7-2-3-9(15)12(17)11(7)16/h2-3,8H,4-6H2,1H3. The maximum atomic E-state index is 13.6. The summed E-state index contributed by atoms with van der Waals surface area (Å²) in [5.74, 6) is -8.01. The Kier molecular flexibility index (Phi) is 4.48. The Balaban J connectivity index is 2.25. The average Bonchev–Trinajstić information content (AvgIpc) is 2.52. The number of rotatable bonds is 2. The van der Waals surface area contributed by atoms with Crippen molar-refractivity contribution in [2.24, 2.45) is 5.92 Å². The van der Waals surface area contributed by atoms with E-state index < -0.39 is 40.8 Å². The van der Waals surface area contributed by atoms with Crippen molar-refractivity contribution >= 4 is 17.7 Å². The maximum absolute atomic E-state index is 13.6. The van der Waals surface area contributed by atoms with Crippen LogP contribution in [-0.2, 0) is 14.3 Å². The first-order chi connectivity index (χ1) is 10.4. The van der Waals surface area contributed by atoms with Crippen LogP contribution >= 0.6 is 0 Å². The molecule has 1 saturated heterocycles. The van der Waals surface area contributed by atoms with Crippen LogP contribution in [0.4, 0.5) is 13.2 Å². The highest BCUT2D eigenvalue weighted by Gasteiger charge is 2.36. The molecule has 5 nitrogen and oxygen atoms in total. The minimum atomic E-state index is -1.75. The quantitative estimate of drug-likeness (QED) is 0.469. The van der Waals surface area contributed by atoms with Crippen molar-refractivity contribution in [1.29, 1.82) is 0 Å². The molecule has 1 aromatic carbocycles. The van der Waals surface area contributed by atoms with E-state index in [4.69, 9.17) is 0 Å². The molecule has 1 heterocycles. The van der Waals surface area contributed by atoms with Gasteiger partial charge in [-0.05, 0) is 12.1 Å². The Morgan fingerprint density at radius 3 is 2.55 bits per heavy atom. The van der Waals surface area contributed by atoms with Gasteiger partial charge < -0.3 is 9.64 Å². The van der Waals surface area contributed by atoms with Crippen molar-refractivity contribution in [1.82, 2.24) is 4.90 Å². The van der Waals surface area contributed by atoms with Crippen LogP contribution in [0.3, 0.4) is 0 Å². The molecule has 1 fully saturated rings. The molecule has 1 atom stereocenters. The number of hydrogen-bond acceptors (Lipinski definition) is 4. The Morgan fingerprint density at radius 2 is 1.91 bits per heavy atom. The van der Waals surface area contributed by atoms with E-state index in [1.807, 2.05) is 0 Å². The molecule has 1 aliphatic heterocycles. The molecule has 0 bridgehead atoms. The van der Waals surface area contributed by atoms with Gasteiger partial charge in [0.25, 0.3) is 5.91 Å². The second kappa shape index (κ2) is 6.17. The summed E-state index contributed by atoms with van der Waals surface area (Å²) < 4.78 is 44.2. The summed E-state index contributed by atoms with van der Waals surface area (Å²) in [6.45, 7) is -0.327. The van der Waals surface area contributed by atoms with Crippen molar-refractivity contribution in [3.63, 3.8) is 0 Å². The number of amides is 1. The van der Waals surface area contributed by atoms with Crippen molar-refractivity contribution < 1.29 is 32.3 Å². The first-order valence-electron chi connectivity index (χ1n) is 6.40. The molecule has 0 spiro atoms. The number of halogens is 3. The van der Waals surface area contributed by atoms with Crippen LogP contribution in [-0.4, -0.2) is 42.8 Å². The van der Waals surface area contributed by atoms with Crippen LogP contribution in [0.2, 0.25) is 0 Å². The van der Waals surface area contributed by atoms with Crippen molar-refractivity contribution in [2.75, 3.05) is 20.2 Å². The lowest BCUT2D eigenvalue weighted by molar-refractivity contribution is -0.151. The number of nitrogens with zero attached hydrogens (tertiary/aromatic N) is 1. The van der Waals surface area contributed by atoms with Crippen LogP contribution in [0, 0.1) is 23.4 Å². The van der Waals surface area contributed by atoms with Crippen LogP contribution in [0.15, 0.2) is 12.1 Å². The third kappa shape index (κ3) is 2.81. The fourth-order valence-electron chi connectivity index (χ4n) is 2.23. The lowest BCUT2D eigenvalue weighted by Crippen LogP contribution is -2.47. The monoisotopic (exact) mass is 315 g/mol. The zero-order chi connectivity index (χ0) is 16.4. The lowest BCUT2D eigenvalue weighted by Gasteiger charge is -2.30. The highest BCUT2D eigenvalue weighted by Crippen LogP contribution is 2.21. The Labute approximate surface area is 123 Å². The molecule has 0 aliphatic carbocycles. The van der Waals surface area contributed by atoms with Crippen LogP contribution in [0.1, 0.15) is 16.8 Å². The summed E-state index contributed by atoms with van der Waals surface area (Å²) in [6.07, 6.45) is -0.100. The van der Waals surface area contributed by atoms with E-state index in [1.54, 1.807) is 0 Å². The Bertz CT molecular complexity index is 639. The van der Waals surface area contributed by atoms with Gasteiger partial charge in [0.05, 0.1) is 12.7 Å². The molecule has 1 aromatic rings. The topological polar surface area (TPSA) is 63.7 Å². The second-order valence-electron chi connectivity index (χ2n) is 4.77. The molecule has 118 valence electrons. The van der Waals surface area contributed by atoms with Gasteiger partial charge in [0.1, 0.15) is 5.92 Å². The number of methoxy groups -OCH3 is 1. The number of carbonyl (C=O) groups is 3. The van der Waals surface area contributed by atoms with E-state index >= 15 is 0 Å². The highest BCUT2D eigenvalue weighted by atomic mass is 19.2. The smallest absolute Gasteiger partial charge is 0.318 e. The summed E-state index contributed by atoms with van der Waals surface area (Å²) in [6, 6.07) is 1.46. The van der Waals surface area contributed by atoms with Gasteiger partial charge in [-0.3, -0.25) is 14.4 Å². The fourth-order valence-corrected chi connectivity index (χ4v) is 2.23. The van der Waals surface area contributed by atoms with E-state index in [2.05, 4.69) is 4.74 Å². The molecule has 0 aromatic heterocycles. The summed E-state index contributed by atoms with van der Waals surface area (Å²) in [7, 11) is 1.10. The normalized spacial score (nSPS) is 18.3. The number of hydrogen-bond donors (Lipinski definition) is 0. The third-order valence-electron chi connectivity index (χ3n) is 3.46. The summed E-state index contributed by atoms with van der Waals surface area (Å²) in [5.41, 5.74) is -0.656. The van der Waals surface area contributed by atoms with Gasteiger partial charge in [0.15, 0.2) is 23.2 Å². The largest absolute Gasteiger partial charge is 0.468 e.